The zero-order chi connectivity index (χ0) is 22.8. The van der Waals surface area contributed by atoms with E-state index in [4.69, 9.17) is 9.47 Å². The van der Waals surface area contributed by atoms with Crippen molar-refractivity contribution in [3.63, 3.8) is 0 Å². The normalized spacial score (nSPS) is 27.4. The number of carbonyl (C=O) groups excluding carboxylic acids is 2. The first-order chi connectivity index (χ1) is 16.2. The third-order valence-electron chi connectivity index (χ3n) is 6.47. The smallest absolute Gasteiger partial charge is 0.338 e. The van der Waals surface area contributed by atoms with Crippen molar-refractivity contribution in [3.8, 4) is 0 Å². The fourth-order valence-corrected chi connectivity index (χ4v) is 4.87. The number of piperidine rings is 1. The van der Waals surface area contributed by atoms with E-state index >= 15 is 0 Å². The molecule has 0 radical (unpaired) electrons. The quantitative estimate of drug-likeness (QED) is 0.446. The molecule has 1 N–H and O–H groups in total. The molecule has 0 bridgehead atoms. The van der Waals surface area contributed by atoms with E-state index in [1.165, 1.54) is 0 Å². The molecular weight excluding hydrogens is 418 g/mol. The van der Waals surface area contributed by atoms with Crippen molar-refractivity contribution in [1.29, 1.82) is 0 Å². The summed E-state index contributed by atoms with van der Waals surface area (Å²) in [5.74, 6) is -1.30. The van der Waals surface area contributed by atoms with Crippen LogP contribution in [0.15, 0.2) is 91.0 Å². The van der Waals surface area contributed by atoms with Crippen LogP contribution in [0.3, 0.4) is 0 Å². The summed E-state index contributed by atoms with van der Waals surface area (Å²) in [6, 6.07) is 27.3. The van der Waals surface area contributed by atoms with Gasteiger partial charge in [-0.3, -0.25) is 4.90 Å². The number of carbonyl (C=O) groups is 2. The van der Waals surface area contributed by atoms with Crippen molar-refractivity contribution < 1.29 is 24.2 Å². The third-order valence-corrected chi connectivity index (χ3v) is 6.47. The first-order valence-electron chi connectivity index (χ1n) is 11.1. The van der Waals surface area contributed by atoms with Crippen molar-refractivity contribution >= 4 is 11.9 Å². The molecule has 1 unspecified atom stereocenters. The summed E-state index contributed by atoms with van der Waals surface area (Å²) in [6.07, 6.45) is -1.39. The maximum absolute atomic E-state index is 12.9. The van der Waals surface area contributed by atoms with Gasteiger partial charge in [0.25, 0.3) is 0 Å². The van der Waals surface area contributed by atoms with Crippen LogP contribution in [0.5, 0.6) is 0 Å². The van der Waals surface area contributed by atoms with Gasteiger partial charge in [0.1, 0.15) is 6.10 Å². The summed E-state index contributed by atoms with van der Waals surface area (Å²) in [5, 5.41) is 10.2. The van der Waals surface area contributed by atoms with Gasteiger partial charge in [-0.1, -0.05) is 66.7 Å². The van der Waals surface area contributed by atoms with E-state index in [0.717, 1.165) is 5.56 Å². The molecule has 3 aromatic rings. The van der Waals surface area contributed by atoms with Gasteiger partial charge in [0.15, 0.2) is 6.10 Å². The number of nitrogens with zero attached hydrogens (tertiary/aromatic N) is 1. The molecule has 0 aromatic heterocycles. The largest absolute Gasteiger partial charge is 0.454 e. The lowest BCUT2D eigenvalue weighted by Gasteiger charge is -2.29. The number of esters is 2. The summed E-state index contributed by atoms with van der Waals surface area (Å²) >= 11 is 0. The Bertz CT molecular complexity index is 1110. The van der Waals surface area contributed by atoms with E-state index < -0.39 is 24.1 Å². The van der Waals surface area contributed by atoms with Gasteiger partial charge in [-0.15, -0.1) is 0 Å². The molecular formula is C27H25NO5. The zero-order valence-electron chi connectivity index (χ0n) is 18.0. The number of ether oxygens (including phenoxy) is 2. The monoisotopic (exact) mass is 443 g/mol. The number of fused-ring (bicyclic) bond motifs is 1. The highest BCUT2D eigenvalue weighted by molar-refractivity contribution is 5.90. The first kappa shape index (κ1) is 21.4. The summed E-state index contributed by atoms with van der Waals surface area (Å²) in [6.45, 7) is 0.504. The summed E-state index contributed by atoms with van der Waals surface area (Å²) in [5.41, 5.74) is 1.99. The fourth-order valence-electron chi connectivity index (χ4n) is 4.87. The molecule has 2 fully saturated rings. The lowest BCUT2D eigenvalue weighted by atomic mass is 10.0. The maximum Gasteiger partial charge on any atom is 0.338 e. The number of rotatable bonds is 7. The summed E-state index contributed by atoms with van der Waals surface area (Å²) < 4.78 is 11.8. The highest BCUT2D eigenvalue weighted by Gasteiger charge is 2.68. The van der Waals surface area contributed by atoms with Crippen molar-refractivity contribution in [2.45, 2.75) is 30.8 Å². The van der Waals surface area contributed by atoms with Gasteiger partial charge < -0.3 is 14.6 Å². The van der Waals surface area contributed by atoms with Crippen LogP contribution in [0, 0.1) is 5.92 Å². The number of benzene rings is 3. The van der Waals surface area contributed by atoms with Gasteiger partial charge in [-0.05, 0) is 29.8 Å². The summed E-state index contributed by atoms with van der Waals surface area (Å²) in [4.78, 5) is 27.9. The molecule has 1 aliphatic heterocycles. The highest BCUT2D eigenvalue weighted by atomic mass is 16.6. The van der Waals surface area contributed by atoms with Gasteiger partial charge in [-0.2, -0.15) is 0 Å². The number of aliphatic hydroxyl groups excluding tert-OH is 1. The van der Waals surface area contributed by atoms with Crippen molar-refractivity contribution in [2.24, 2.45) is 5.92 Å². The molecule has 2 aliphatic rings. The molecule has 168 valence electrons. The minimum absolute atomic E-state index is 0.0302. The molecule has 1 aliphatic carbocycles. The Balaban J connectivity index is 1.39. The molecule has 0 spiro atoms. The number of hydrogen-bond donors (Lipinski definition) is 1. The minimum atomic E-state index is -0.725. The Labute approximate surface area is 192 Å². The molecule has 1 saturated carbocycles. The van der Waals surface area contributed by atoms with Crippen LogP contribution in [0.25, 0.3) is 0 Å². The van der Waals surface area contributed by atoms with E-state index in [9.17, 15) is 14.7 Å². The highest BCUT2D eigenvalue weighted by Crippen LogP contribution is 2.50. The second-order valence-corrected chi connectivity index (χ2v) is 8.46. The molecule has 1 saturated heterocycles. The Hall–Kier alpha value is -3.48. The van der Waals surface area contributed by atoms with Crippen molar-refractivity contribution in [3.05, 3.63) is 108 Å². The van der Waals surface area contributed by atoms with Crippen molar-refractivity contribution in [2.75, 3.05) is 6.61 Å². The van der Waals surface area contributed by atoms with Gasteiger partial charge in [-0.25, -0.2) is 9.59 Å². The second-order valence-electron chi connectivity index (χ2n) is 8.46. The van der Waals surface area contributed by atoms with Crippen LogP contribution in [0.4, 0.5) is 0 Å². The van der Waals surface area contributed by atoms with E-state index in [1.807, 2.05) is 42.5 Å². The van der Waals surface area contributed by atoms with Crippen LogP contribution >= 0.6 is 0 Å². The van der Waals surface area contributed by atoms with E-state index in [1.54, 1.807) is 48.5 Å². The van der Waals surface area contributed by atoms with Gasteiger partial charge in [0.2, 0.25) is 0 Å². The molecule has 3 aromatic carbocycles. The average Bonchev–Trinajstić information content (AvgIpc) is 3.46. The molecule has 5 rings (SSSR count). The predicted molar refractivity (Wildman–Crippen MR) is 121 cm³/mol. The second kappa shape index (κ2) is 9.17. The lowest BCUT2D eigenvalue weighted by molar-refractivity contribution is -0.0593. The number of aliphatic hydroxyl groups is 1. The Kier molecular flexibility index (Phi) is 5.94. The average molecular weight is 443 g/mol. The SMILES string of the molecule is O=C(O[C@@H]1[C@H](CO)[C@H]2[C@@H]([C@H]1OC(=O)c1ccccc1)N2Cc1ccccc1)c1ccccc1. The first-order valence-corrected chi connectivity index (χ1v) is 11.1. The minimum Gasteiger partial charge on any atom is -0.454 e. The van der Waals surface area contributed by atoms with Gasteiger partial charge in [0, 0.05) is 18.5 Å². The van der Waals surface area contributed by atoms with E-state index in [2.05, 4.69) is 4.90 Å². The van der Waals surface area contributed by atoms with Crippen LogP contribution in [-0.4, -0.2) is 52.8 Å². The van der Waals surface area contributed by atoms with Crippen LogP contribution in [-0.2, 0) is 16.0 Å². The molecule has 1 heterocycles. The third kappa shape index (κ3) is 4.27. The molecule has 6 heteroatoms. The van der Waals surface area contributed by atoms with E-state index in [0.29, 0.717) is 17.7 Å². The van der Waals surface area contributed by atoms with Crippen LogP contribution in [0.1, 0.15) is 26.3 Å². The topological polar surface area (TPSA) is 75.8 Å². The Morgan fingerprint density at radius 3 is 1.70 bits per heavy atom. The zero-order valence-corrected chi connectivity index (χ0v) is 18.0. The molecule has 0 amide bonds. The Morgan fingerprint density at radius 2 is 1.18 bits per heavy atom. The fraction of sp³-hybridized carbons (Fsp3) is 0.259. The summed E-state index contributed by atoms with van der Waals surface area (Å²) in [7, 11) is 0. The molecule has 6 nitrogen and oxygen atoms in total. The number of hydrogen-bond acceptors (Lipinski definition) is 6. The maximum atomic E-state index is 12.9. The predicted octanol–water partition coefficient (Wildman–Crippen LogP) is 3.31. The van der Waals surface area contributed by atoms with Crippen LogP contribution in [0.2, 0.25) is 0 Å². The van der Waals surface area contributed by atoms with E-state index in [-0.39, 0.29) is 24.6 Å². The van der Waals surface area contributed by atoms with Crippen LogP contribution < -0.4 is 0 Å². The Morgan fingerprint density at radius 1 is 0.697 bits per heavy atom. The number of likely N-dealkylation sites (tertiary alicyclic amines) is 1. The lowest BCUT2D eigenvalue weighted by Crippen LogP contribution is -2.43. The van der Waals surface area contributed by atoms with Crippen molar-refractivity contribution in [1.82, 2.24) is 4.90 Å². The standard InChI is InChI=1S/C27H25NO5/c29-17-21-22-23(28(22)16-18-10-4-1-5-11-18)25(33-27(31)20-14-8-3-9-15-20)24(21)32-26(30)19-12-6-2-7-13-19/h1-15,21-25,29H,16-17H2/t21-,22+,23+,24-,25-,28?/m1/s1. The molecule has 33 heavy (non-hydrogen) atoms. The van der Waals surface area contributed by atoms with Gasteiger partial charge in [0.05, 0.1) is 23.8 Å². The molecule has 6 atom stereocenters. The van der Waals surface area contributed by atoms with Gasteiger partial charge >= 0.3 is 11.9 Å².